The summed E-state index contributed by atoms with van der Waals surface area (Å²) in [5, 5.41) is 12.9. The van der Waals surface area contributed by atoms with Crippen molar-refractivity contribution in [1.29, 1.82) is 0 Å². The van der Waals surface area contributed by atoms with Crippen molar-refractivity contribution in [1.82, 2.24) is 9.78 Å². The van der Waals surface area contributed by atoms with Gasteiger partial charge in [0.25, 0.3) is 5.56 Å². The fourth-order valence-electron chi connectivity index (χ4n) is 2.68. The summed E-state index contributed by atoms with van der Waals surface area (Å²) in [4.78, 5) is 22.9. The van der Waals surface area contributed by atoms with Crippen molar-refractivity contribution in [2.24, 2.45) is 0 Å². The largest absolute Gasteiger partial charge is 0.476 e. The van der Waals surface area contributed by atoms with E-state index in [0.717, 1.165) is 0 Å². The Morgan fingerprint density at radius 3 is 2.53 bits per heavy atom. The molecule has 0 radical (unpaired) electrons. The van der Waals surface area contributed by atoms with Crippen LogP contribution >= 0.6 is 0 Å². The molecule has 0 aromatic carbocycles. The molecule has 6 heteroatoms. The van der Waals surface area contributed by atoms with E-state index >= 15 is 0 Å². The van der Waals surface area contributed by atoms with E-state index in [-0.39, 0.29) is 22.9 Å². The van der Waals surface area contributed by atoms with Crippen molar-refractivity contribution >= 4 is 5.97 Å². The van der Waals surface area contributed by atoms with Gasteiger partial charge in [-0.25, -0.2) is 9.48 Å². The van der Waals surface area contributed by atoms with Crippen molar-refractivity contribution in [2.45, 2.75) is 51.4 Å². The van der Waals surface area contributed by atoms with Crippen LogP contribution in [0.15, 0.2) is 16.9 Å². The molecule has 1 unspecified atom stereocenters. The Kier molecular flexibility index (Phi) is 3.01. The molecule has 104 valence electrons. The maximum absolute atomic E-state index is 11.9. The normalized spacial score (nSPS) is 24.3. The minimum absolute atomic E-state index is 0.139. The standard InChI is InChI=1S/C13H18N2O4/c1-12(2)7-9(13(3,4)19-12)15-10(16)6-5-8(14-15)11(17)18/h5-6,9H,7H2,1-4H3,(H,17,18). The molecular formula is C13H18N2O4. The molecular weight excluding hydrogens is 248 g/mol. The average molecular weight is 266 g/mol. The first kappa shape index (κ1) is 13.7. The van der Waals surface area contributed by atoms with E-state index in [1.54, 1.807) is 0 Å². The van der Waals surface area contributed by atoms with Crippen molar-refractivity contribution in [3.8, 4) is 0 Å². The quantitative estimate of drug-likeness (QED) is 0.876. The van der Waals surface area contributed by atoms with Crippen LogP contribution in [0.25, 0.3) is 0 Å². The zero-order chi connectivity index (χ0) is 14.4. The molecule has 0 bridgehead atoms. The van der Waals surface area contributed by atoms with Gasteiger partial charge in [0.1, 0.15) is 0 Å². The van der Waals surface area contributed by atoms with E-state index in [1.165, 1.54) is 16.8 Å². The highest BCUT2D eigenvalue weighted by Gasteiger charge is 2.47. The van der Waals surface area contributed by atoms with E-state index in [4.69, 9.17) is 9.84 Å². The Morgan fingerprint density at radius 2 is 2.05 bits per heavy atom. The first-order valence-electron chi connectivity index (χ1n) is 6.16. The van der Waals surface area contributed by atoms with Crippen LogP contribution in [0, 0.1) is 0 Å². The van der Waals surface area contributed by atoms with E-state index in [0.29, 0.717) is 6.42 Å². The number of ether oxygens (including phenoxy) is 1. The number of hydrogen-bond donors (Lipinski definition) is 1. The molecule has 6 nitrogen and oxygen atoms in total. The predicted octanol–water partition coefficient (Wildman–Crippen LogP) is 1.46. The van der Waals surface area contributed by atoms with Crippen LogP contribution in [0.4, 0.5) is 0 Å². The molecule has 1 N–H and O–H groups in total. The first-order chi connectivity index (χ1) is 8.62. The summed E-state index contributed by atoms with van der Waals surface area (Å²) in [6.45, 7) is 7.66. The van der Waals surface area contributed by atoms with Gasteiger partial charge in [-0.15, -0.1) is 0 Å². The SMILES string of the molecule is CC1(C)CC(n2nc(C(=O)O)ccc2=O)C(C)(C)O1. The van der Waals surface area contributed by atoms with Crippen LogP contribution in [-0.4, -0.2) is 32.1 Å². The topological polar surface area (TPSA) is 81.4 Å². The molecule has 0 spiro atoms. The van der Waals surface area contributed by atoms with Gasteiger partial charge >= 0.3 is 5.97 Å². The lowest BCUT2D eigenvalue weighted by Crippen LogP contribution is -2.38. The van der Waals surface area contributed by atoms with Crippen LogP contribution in [0.3, 0.4) is 0 Å². The minimum Gasteiger partial charge on any atom is -0.476 e. The second kappa shape index (κ2) is 4.16. The minimum atomic E-state index is -1.15. The summed E-state index contributed by atoms with van der Waals surface area (Å²) in [7, 11) is 0. The molecule has 1 atom stereocenters. The molecule has 1 aromatic heterocycles. The molecule has 19 heavy (non-hydrogen) atoms. The van der Waals surface area contributed by atoms with E-state index in [1.807, 2.05) is 27.7 Å². The maximum atomic E-state index is 11.9. The molecule has 0 aliphatic carbocycles. The lowest BCUT2D eigenvalue weighted by Gasteiger charge is -2.27. The van der Waals surface area contributed by atoms with Gasteiger partial charge in [0.2, 0.25) is 0 Å². The second-order valence-corrected chi connectivity index (χ2v) is 5.99. The molecule has 2 heterocycles. The van der Waals surface area contributed by atoms with Gasteiger partial charge in [0.15, 0.2) is 5.69 Å². The van der Waals surface area contributed by atoms with Gasteiger partial charge in [-0.05, 0) is 33.8 Å². The summed E-state index contributed by atoms with van der Waals surface area (Å²) >= 11 is 0. The number of carboxylic acid groups (broad SMARTS) is 1. The van der Waals surface area contributed by atoms with E-state index in [2.05, 4.69) is 5.10 Å². The molecule has 0 saturated carbocycles. The lowest BCUT2D eigenvalue weighted by molar-refractivity contribution is -0.0741. The second-order valence-electron chi connectivity index (χ2n) is 5.99. The van der Waals surface area contributed by atoms with Crippen molar-refractivity contribution in [3.05, 3.63) is 28.2 Å². The third-order valence-electron chi connectivity index (χ3n) is 3.37. The van der Waals surface area contributed by atoms with Crippen LogP contribution in [0.1, 0.15) is 50.6 Å². The van der Waals surface area contributed by atoms with Gasteiger partial charge in [0.05, 0.1) is 17.2 Å². The summed E-state index contributed by atoms with van der Waals surface area (Å²) in [5.74, 6) is -1.15. The first-order valence-corrected chi connectivity index (χ1v) is 6.16. The summed E-state index contributed by atoms with van der Waals surface area (Å²) < 4.78 is 7.15. The fourth-order valence-corrected chi connectivity index (χ4v) is 2.68. The van der Waals surface area contributed by atoms with Gasteiger partial charge in [0, 0.05) is 12.5 Å². The Morgan fingerprint density at radius 1 is 1.42 bits per heavy atom. The zero-order valence-electron chi connectivity index (χ0n) is 11.5. The van der Waals surface area contributed by atoms with Crippen molar-refractivity contribution in [3.63, 3.8) is 0 Å². The number of aromatic carboxylic acids is 1. The van der Waals surface area contributed by atoms with Crippen molar-refractivity contribution < 1.29 is 14.6 Å². The zero-order valence-corrected chi connectivity index (χ0v) is 11.5. The monoisotopic (exact) mass is 266 g/mol. The Bertz CT molecular complexity index is 574. The van der Waals surface area contributed by atoms with Crippen LogP contribution < -0.4 is 5.56 Å². The highest BCUT2D eigenvalue weighted by atomic mass is 16.5. The molecule has 1 saturated heterocycles. The number of rotatable bonds is 2. The number of aromatic nitrogens is 2. The third-order valence-corrected chi connectivity index (χ3v) is 3.37. The van der Waals surface area contributed by atoms with Crippen molar-refractivity contribution in [2.75, 3.05) is 0 Å². The Hall–Kier alpha value is -1.69. The van der Waals surface area contributed by atoms with Gasteiger partial charge in [-0.2, -0.15) is 5.10 Å². The van der Waals surface area contributed by atoms with Crippen LogP contribution in [0.2, 0.25) is 0 Å². The molecule has 1 aromatic rings. The van der Waals surface area contributed by atoms with E-state index in [9.17, 15) is 9.59 Å². The lowest BCUT2D eigenvalue weighted by atomic mass is 9.94. The highest BCUT2D eigenvalue weighted by molar-refractivity contribution is 5.84. The highest BCUT2D eigenvalue weighted by Crippen LogP contribution is 2.43. The molecule has 1 aliphatic rings. The van der Waals surface area contributed by atoms with Crippen LogP contribution in [-0.2, 0) is 4.74 Å². The predicted molar refractivity (Wildman–Crippen MR) is 68.4 cm³/mol. The molecule has 0 amide bonds. The maximum Gasteiger partial charge on any atom is 0.356 e. The molecule has 1 aliphatic heterocycles. The number of hydrogen-bond acceptors (Lipinski definition) is 4. The van der Waals surface area contributed by atoms with Gasteiger partial charge in [-0.3, -0.25) is 4.79 Å². The average Bonchev–Trinajstić information content (AvgIpc) is 2.47. The fraction of sp³-hybridized carbons (Fsp3) is 0.615. The summed E-state index contributed by atoms with van der Waals surface area (Å²) in [5.41, 5.74) is -1.39. The Balaban J connectivity index is 2.50. The summed E-state index contributed by atoms with van der Waals surface area (Å²) in [6, 6.07) is 2.17. The smallest absolute Gasteiger partial charge is 0.356 e. The van der Waals surface area contributed by atoms with Gasteiger partial charge in [-0.1, -0.05) is 0 Å². The summed E-state index contributed by atoms with van der Waals surface area (Å²) in [6.07, 6.45) is 0.607. The molecule has 1 fully saturated rings. The number of carbonyl (C=O) groups is 1. The number of carboxylic acids is 1. The Labute approximate surface area is 111 Å². The molecule has 2 rings (SSSR count). The van der Waals surface area contributed by atoms with Gasteiger partial charge < -0.3 is 9.84 Å². The number of nitrogens with zero attached hydrogens (tertiary/aromatic N) is 2. The van der Waals surface area contributed by atoms with E-state index < -0.39 is 11.6 Å². The van der Waals surface area contributed by atoms with Crippen LogP contribution in [0.5, 0.6) is 0 Å². The third kappa shape index (κ3) is 2.53.